The van der Waals surface area contributed by atoms with Crippen LogP contribution in [-0.2, 0) is 0 Å². The molecule has 0 spiro atoms. The zero-order valence-corrected chi connectivity index (χ0v) is 30.4. The molecule has 3 aromatic heterocycles. The average Bonchev–Trinajstić information content (AvgIpc) is 3.80. The Morgan fingerprint density at radius 1 is 0.304 bits per heavy atom. The lowest BCUT2D eigenvalue weighted by Crippen LogP contribution is -1.97. The summed E-state index contributed by atoms with van der Waals surface area (Å²) < 4.78 is 4.78. The third-order valence-electron chi connectivity index (χ3n) is 10.9. The van der Waals surface area contributed by atoms with E-state index in [1.165, 1.54) is 54.7 Å². The van der Waals surface area contributed by atoms with Gasteiger partial charge in [0.1, 0.15) is 0 Å². The third-order valence-corrected chi connectivity index (χ3v) is 10.9. The van der Waals surface area contributed by atoms with Gasteiger partial charge >= 0.3 is 0 Å². The lowest BCUT2D eigenvalue weighted by Gasteiger charge is -2.12. The Morgan fingerprint density at radius 2 is 0.804 bits per heavy atom. The van der Waals surface area contributed by atoms with Gasteiger partial charge in [-0.3, -0.25) is 0 Å². The van der Waals surface area contributed by atoms with E-state index < -0.39 is 0 Å². The minimum Gasteiger partial charge on any atom is -0.309 e. The number of nitrogens with zero attached hydrogens (tertiary/aromatic N) is 4. The molecule has 11 aromatic rings. The van der Waals surface area contributed by atoms with Crippen molar-refractivity contribution in [3.05, 3.63) is 206 Å². The fourth-order valence-corrected chi connectivity index (χ4v) is 8.38. The van der Waals surface area contributed by atoms with Gasteiger partial charge in [-0.1, -0.05) is 152 Å². The molecule has 0 N–H and O–H groups in total. The SMILES string of the molecule is c1ccc(-c2cc(-c3ccc(-n4c5ccccc5c5c(-c6ccc7c8ccccc8n(-c8ccccc8)c7c6)cccc54)cc3)nc(-c3ccccc3)n2)cc1. The first-order valence-corrected chi connectivity index (χ1v) is 19.0. The molecule has 0 bridgehead atoms. The van der Waals surface area contributed by atoms with E-state index in [1.54, 1.807) is 0 Å². The molecule has 4 heteroatoms. The van der Waals surface area contributed by atoms with Crippen LogP contribution in [0, 0.1) is 0 Å². The molecule has 0 aliphatic heterocycles. The van der Waals surface area contributed by atoms with Crippen LogP contribution in [0.3, 0.4) is 0 Å². The molecule has 11 rings (SSSR count). The van der Waals surface area contributed by atoms with Crippen molar-refractivity contribution in [3.8, 4) is 56.4 Å². The van der Waals surface area contributed by atoms with Crippen molar-refractivity contribution in [2.75, 3.05) is 0 Å². The lowest BCUT2D eigenvalue weighted by molar-refractivity contribution is 1.17. The van der Waals surface area contributed by atoms with Gasteiger partial charge in [0.15, 0.2) is 5.82 Å². The first kappa shape index (κ1) is 31.9. The van der Waals surface area contributed by atoms with Crippen molar-refractivity contribution in [3.63, 3.8) is 0 Å². The Labute approximate surface area is 324 Å². The molecule has 4 nitrogen and oxygen atoms in total. The molecule has 0 radical (unpaired) electrons. The second-order valence-electron chi connectivity index (χ2n) is 14.2. The molecule has 0 unspecified atom stereocenters. The van der Waals surface area contributed by atoms with Crippen molar-refractivity contribution in [1.29, 1.82) is 0 Å². The number of benzene rings is 8. The lowest BCUT2D eigenvalue weighted by atomic mass is 9.98. The van der Waals surface area contributed by atoms with Crippen LogP contribution in [0.25, 0.3) is 100 Å². The maximum Gasteiger partial charge on any atom is 0.160 e. The summed E-state index contributed by atoms with van der Waals surface area (Å²) in [7, 11) is 0. The number of aromatic nitrogens is 4. The van der Waals surface area contributed by atoms with Gasteiger partial charge in [-0.15, -0.1) is 0 Å². The first-order chi connectivity index (χ1) is 27.8. The molecule has 8 aromatic carbocycles. The van der Waals surface area contributed by atoms with Gasteiger partial charge in [0.05, 0.1) is 33.5 Å². The van der Waals surface area contributed by atoms with Crippen LogP contribution in [0.4, 0.5) is 0 Å². The van der Waals surface area contributed by atoms with Crippen LogP contribution in [0.15, 0.2) is 206 Å². The predicted octanol–water partition coefficient (Wildman–Crippen LogP) is 13.3. The van der Waals surface area contributed by atoms with Gasteiger partial charge in [-0.2, -0.15) is 0 Å². The summed E-state index contributed by atoms with van der Waals surface area (Å²) in [6.45, 7) is 0. The number of hydrogen-bond acceptors (Lipinski definition) is 2. The zero-order valence-electron chi connectivity index (χ0n) is 30.4. The highest BCUT2D eigenvalue weighted by Gasteiger charge is 2.19. The molecule has 0 atom stereocenters. The molecule has 3 heterocycles. The molecule has 0 aliphatic rings. The van der Waals surface area contributed by atoms with Crippen LogP contribution in [0.5, 0.6) is 0 Å². The van der Waals surface area contributed by atoms with Crippen molar-refractivity contribution in [1.82, 2.24) is 19.1 Å². The van der Waals surface area contributed by atoms with Gasteiger partial charge < -0.3 is 9.13 Å². The molecule has 56 heavy (non-hydrogen) atoms. The average molecular weight is 715 g/mol. The predicted molar refractivity (Wildman–Crippen MR) is 232 cm³/mol. The topological polar surface area (TPSA) is 35.6 Å². The number of fused-ring (bicyclic) bond motifs is 6. The number of hydrogen-bond donors (Lipinski definition) is 0. The Bertz CT molecular complexity index is 3160. The van der Waals surface area contributed by atoms with E-state index in [0.29, 0.717) is 5.82 Å². The number of rotatable bonds is 6. The van der Waals surface area contributed by atoms with Crippen molar-refractivity contribution >= 4 is 43.6 Å². The number of para-hydroxylation sites is 3. The van der Waals surface area contributed by atoms with Crippen LogP contribution >= 0.6 is 0 Å². The summed E-state index contributed by atoms with van der Waals surface area (Å²) in [6.07, 6.45) is 0. The monoisotopic (exact) mass is 714 g/mol. The Morgan fingerprint density at radius 3 is 1.52 bits per heavy atom. The molecule has 0 aliphatic carbocycles. The molecule has 0 fully saturated rings. The summed E-state index contributed by atoms with van der Waals surface area (Å²) in [6, 6.07) is 73.2. The fourth-order valence-electron chi connectivity index (χ4n) is 8.38. The minimum atomic E-state index is 0.711. The van der Waals surface area contributed by atoms with Crippen LogP contribution in [0.2, 0.25) is 0 Å². The Balaban J connectivity index is 1.06. The highest BCUT2D eigenvalue weighted by atomic mass is 15.0. The Kier molecular flexibility index (Phi) is 7.46. The maximum atomic E-state index is 5.08. The van der Waals surface area contributed by atoms with E-state index in [1.807, 2.05) is 36.4 Å². The van der Waals surface area contributed by atoms with Gasteiger partial charge in [-0.05, 0) is 65.7 Å². The smallest absolute Gasteiger partial charge is 0.160 e. The summed E-state index contributed by atoms with van der Waals surface area (Å²) in [5.74, 6) is 0.711. The van der Waals surface area contributed by atoms with Gasteiger partial charge in [0.2, 0.25) is 0 Å². The molecule has 262 valence electrons. The molecule has 0 amide bonds. The standard InChI is InChI=1S/C52H34N4/c1-4-15-35(16-5-1)45-34-46(54-52(53-45)37-17-6-2-7-18-37)36-27-30-40(31-28-36)55-48-25-13-11-22-44(48)51-41(23-14-26-49(51)55)38-29-32-43-42-21-10-12-24-47(42)56(50(43)33-38)39-19-8-3-9-20-39/h1-34H. The first-order valence-electron chi connectivity index (χ1n) is 19.0. The van der Waals surface area contributed by atoms with Crippen molar-refractivity contribution in [2.45, 2.75) is 0 Å². The maximum absolute atomic E-state index is 5.08. The third kappa shape index (κ3) is 5.23. The minimum absolute atomic E-state index is 0.711. The highest BCUT2D eigenvalue weighted by molar-refractivity contribution is 6.17. The van der Waals surface area contributed by atoms with Gasteiger partial charge in [-0.25, -0.2) is 9.97 Å². The summed E-state index contributed by atoms with van der Waals surface area (Å²) in [5.41, 5.74) is 14.3. The van der Waals surface area contributed by atoms with E-state index in [9.17, 15) is 0 Å². The van der Waals surface area contributed by atoms with Crippen molar-refractivity contribution in [2.24, 2.45) is 0 Å². The van der Waals surface area contributed by atoms with E-state index in [4.69, 9.17) is 9.97 Å². The van der Waals surface area contributed by atoms with E-state index in [0.717, 1.165) is 39.5 Å². The summed E-state index contributed by atoms with van der Waals surface area (Å²) >= 11 is 0. The molecular weight excluding hydrogens is 681 g/mol. The van der Waals surface area contributed by atoms with Crippen molar-refractivity contribution < 1.29 is 0 Å². The van der Waals surface area contributed by atoms with Gasteiger partial charge in [0.25, 0.3) is 0 Å². The molecule has 0 saturated heterocycles. The second kappa shape index (κ2) is 13.1. The zero-order chi connectivity index (χ0) is 37.0. The fraction of sp³-hybridized carbons (Fsp3) is 0. The van der Waals surface area contributed by atoms with Crippen LogP contribution in [0.1, 0.15) is 0 Å². The van der Waals surface area contributed by atoms with Crippen LogP contribution in [-0.4, -0.2) is 19.1 Å². The molecule has 0 saturated carbocycles. The van der Waals surface area contributed by atoms with Gasteiger partial charge in [0, 0.05) is 49.6 Å². The largest absolute Gasteiger partial charge is 0.309 e. The van der Waals surface area contributed by atoms with E-state index in [2.05, 4.69) is 179 Å². The highest BCUT2D eigenvalue weighted by Crippen LogP contribution is 2.41. The Hall–Kier alpha value is -7.56. The summed E-state index contributed by atoms with van der Waals surface area (Å²) in [4.78, 5) is 10.1. The summed E-state index contributed by atoms with van der Waals surface area (Å²) in [5, 5.41) is 4.97. The second-order valence-corrected chi connectivity index (χ2v) is 14.2. The van der Waals surface area contributed by atoms with E-state index in [-0.39, 0.29) is 0 Å². The van der Waals surface area contributed by atoms with Crippen LogP contribution < -0.4 is 0 Å². The quantitative estimate of drug-likeness (QED) is 0.172. The van der Waals surface area contributed by atoms with E-state index >= 15 is 0 Å². The molecular formula is C52H34N4. The normalized spacial score (nSPS) is 11.6.